The third-order valence-electron chi connectivity index (χ3n) is 6.59. The van der Waals surface area contributed by atoms with Gasteiger partial charge in [-0.3, -0.25) is 4.79 Å². The van der Waals surface area contributed by atoms with Gasteiger partial charge in [-0.05, 0) is 70.5 Å². The number of nitrogens with one attached hydrogen (secondary N) is 2. The van der Waals surface area contributed by atoms with Crippen molar-refractivity contribution in [3.8, 4) is 0 Å². The molecule has 0 saturated carbocycles. The summed E-state index contributed by atoms with van der Waals surface area (Å²) in [5.41, 5.74) is 0.198. The topological polar surface area (TPSA) is 130 Å². The molecule has 0 aliphatic carbocycles. The first kappa shape index (κ1) is 31.2. The minimum Gasteiger partial charge on any atom is -0.480 e. The maximum atomic E-state index is 13.3. The Labute approximate surface area is 231 Å². The van der Waals surface area contributed by atoms with E-state index in [2.05, 4.69) is 33.0 Å². The summed E-state index contributed by atoms with van der Waals surface area (Å²) in [6.45, 7) is 6.73. The minimum absolute atomic E-state index is 0.000657. The lowest BCUT2D eigenvalue weighted by Gasteiger charge is -2.25. The second-order valence-corrected chi connectivity index (χ2v) is 10.0. The number of aromatic nitrogens is 3. The number of carbonyl (C=O) groups is 2. The number of ether oxygens (including phenoxy) is 1. The Morgan fingerprint density at radius 1 is 1.15 bits per heavy atom. The van der Waals surface area contributed by atoms with Crippen molar-refractivity contribution in [1.29, 1.82) is 0 Å². The van der Waals surface area contributed by atoms with E-state index in [4.69, 9.17) is 9.72 Å². The van der Waals surface area contributed by atoms with E-state index >= 15 is 0 Å². The van der Waals surface area contributed by atoms with Crippen LogP contribution < -0.4 is 10.6 Å². The van der Waals surface area contributed by atoms with Crippen LogP contribution in [0.5, 0.6) is 0 Å². The molecule has 0 spiro atoms. The number of rotatable bonds is 15. The Morgan fingerprint density at radius 2 is 1.93 bits per heavy atom. The molecule has 1 aliphatic heterocycles. The Bertz CT molecular complexity index is 1130. The molecule has 3 heterocycles. The molecule has 0 saturated heterocycles. The number of hydrogen-bond acceptors (Lipinski definition) is 8. The zero-order chi connectivity index (χ0) is 29.1. The van der Waals surface area contributed by atoms with Crippen LogP contribution in [0, 0.1) is 0 Å². The quantitative estimate of drug-likeness (QED) is 0.277. The summed E-state index contributed by atoms with van der Waals surface area (Å²) in [7, 11) is 0. The molecule has 0 bridgehead atoms. The summed E-state index contributed by atoms with van der Waals surface area (Å²) < 4.78 is 45.5. The molecule has 1 atom stereocenters. The molecule has 40 heavy (non-hydrogen) atoms. The molecule has 2 aromatic heterocycles. The van der Waals surface area contributed by atoms with Crippen LogP contribution in [0.15, 0.2) is 24.5 Å². The fraction of sp³-hybridized carbons (Fsp3) is 0.593. The zero-order valence-electron chi connectivity index (χ0n) is 22.8. The van der Waals surface area contributed by atoms with E-state index in [1.165, 1.54) is 5.56 Å². The van der Waals surface area contributed by atoms with E-state index in [1.807, 2.05) is 18.7 Å². The maximum absolute atomic E-state index is 13.3. The smallest absolute Gasteiger partial charge is 0.418 e. The minimum atomic E-state index is -4.83. The normalized spacial score (nSPS) is 14.1. The van der Waals surface area contributed by atoms with E-state index < -0.39 is 35.2 Å². The fourth-order valence-electron chi connectivity index (χ4n) is 4.44. The van der Waals surface area contributed by atoms with Crippen molar-refractivity contribution in [2.75, 3.05) is 38.1 Å². The lowest BCUT2D eigenvalue weighted by molar-refractivity contribution is -0.139. The number of fused-ring (bicyclic) bond motifs is 1. The van der Waals surface area contributed by atoms with Crippen molar-refractivity contribution in [2.45, 2.75) is 70.7 Å². The van der Waals surface area contributed by atoms with E-state index in [-0.39, 0.29) is 12.5 Å². The van der Waals surface area contributed by atoms with Crippen molar-refractivity contribution in [1.82, 2.24) is 25.4 Å². The Hall–Kier alpha value is -3.32. The van der Waals surface area contributed by atoms with Gasteiger partial charge in [-0.2, -0.15) is 23.4 Å². The van der Waals surface area contributed by atoms with Crippen molar-refractivity contribution < 1.29 is 32.6 Å². The Kier molecular flexibility index (Phi) is 11.6. The molecular weight excluding hydrogens is 529 g/mol. The molecule has 0 radical (unpaired) electrons. The predicted octanol–water partition coefficient (Wildman–Crippen LogP) is 3.57. The lowest BCUT2D eigenvalue weighted by atomic mass is 10.1. The molecule has 0 unspecified atom stereocenters. The van der Waals surface area contributed by atoms with Gasteiger partial charge in [0.05, 0.1) is 36.2 Å². The van der Waals surface area contributed by atoms with Crippen LogP contribution in [0.3, 0.4) is 0 Å². The summed E-state index contributed by atoms with van der Waals surface area (Å²) in [6.07, 6.45) is 0.972. The SMILES string of the molecule is CC(C)OCCN(CCCCc1ccc2c(n1)NCCC2)CC[C@H](NC(=O)c1cnncc1C(F)(F)F)C(=O)O. The number of nitrogens with zero attached hydrogens (tertiary/aromatic N) is 4. The molecule has 0 fully saturated rings. The van der Waals surface area contributed by atoms with E-state index in [9.17, 15) is 27.9 Å². The highest BCUT2D eigenvalue weighted by atomic mass is 19.4. The van der Waals surface area contributed by atoms with Crippen molar-refractivity contribution in [2.24, 2.45) is 0 Å². The number of halogens is 3. The van der Waals surface area contributed by atoms with Crippen molar-refractivity contribution in [3.05, 3.63) is 46.9 Å². The second kappa shape index (κ2) is 14.9. The number of aryl methyl sites for hydroxylation is 2. The van der Waals surface area contributed by atoms with Gasteiger partial charge in [0.1, 0.15) is 11.9 Å². The van der Waals surface area contributed by atoms with E-state index in [0.29, 0.717) is 38.6 Å². The molecule has 1 aliphatic rings. The van der Waals surface area contributed by atoms with Gasteiger partial charge in [-0.25, -0.2) is 9.78 Å². The third kappa shape index (κ3) is 9.70. The highest BCUT2D eigenvalue weighted by Crippen LogP contribution is 2.31. The van der Waals surface area contributed by atoms with Gasteiger partial charge in [0.25, 0.3) is 5.91 Å². The van der Waals surface area contributed by atoms with Crippen LogP contribution in [0.25, 0.3) is 0 Å². The average molecular weight is 567 g/mol. The first-order valence-electron chi connectivity index (χ1n) is 13.5. The maximum Gasteiger partial charge on any atom is 0.418 e. The largest absolute Gasteiger partial charge is 0.480 e. The molecular formula is C27H37F3N6O4. The monoisotopic (exact) mass is 566 g/mol. The summed E-state index contributed by atoms with van der Waals surface area (Å²) in [5.74, 6) is -1.55. The van der Waals surface area contributed by atoms with Gasteiger partial charge in [0.2, 0.25) is 0 Å². The number of unbranched alkanes of at least 4 members (excludes halogenated alkanes) is 1. The Morgan fingerprint density at radius 3 is 2.65 bits per heavy atom. The number of hydrogen-bond donors (Lipinski definition) is 3. The zero-order valence-corrected chi connectivity index (χ0v) is 22.8. The van der Waals surface area contributed by atoms with Crippen molar-refractivity contribution >= 4 is 17.7 Å². The van der Waals surface area contributed by atoms with Crippen molar-refractivity contribution in [3.63, 3.8) is 0 Å². The van der Waals surface area contributed by atoms with Crippen LogP contribution in [-0.4, -0.2) is 82.0 Å². The van der Waals surface area contributed by atoms with Gasteiger partial charge in [0.15, 0.2) is 0 Å². The fourth-order valence-corrected chi connectivity index (χ4v) is 4.44. The molecule has 0 aromatic carbocycles. The van der Waals surface area contributed by atoms with Gasteiger partial charge in [-0.15, -0.1) is 0 Å². The number of carboxylic acids is 1. The molecule has 10 nitrogen and oxygen atoms in total. The summed E-state index contributed by atoms with van der Waals surface area (Å²) >= 11 is 0. The summed E-state index contributed by atoms with van der Waals surface area (Å²) in [6, 6.07) is 2.80. The number of alkyl halides is 3. The van der Waals surface area contributed by atoms with Gasteiger partial charge in [0, 0.05) is 25.3 Å². The molecule has 13 heteroatoms. The first-order valence-corrected chi connectivity index (χ1v) is 13.5. The van der Waals surface area contributed by atoms with Gasteiger partial charge in [-0.1, -0.05) is 6.07 Å². The molecule has 3 rings (SSSR count). The summed E-state index contributed by atoms with van der Waals surface area (Å²) in [4.78, 5) is 31.2. The van der Waals surface area contributed by atoms with Gasteiger partial charge < -0.3 is 25.4 Å². The number of carbonyl (C=O) groups excluding carboxylic acids is 1. The highest BCUT2D eigenvalue weighted by molar-refractivity contribution is 5.97. The number of pyridine rings is 1. The third-order valence-corrected chi connectivity index (χ3v) is 6.59. The highest BCUT2D eigenvalue weighted by Gasteiger charge is 2.36. The average Bonchev–Trinajstić information content (AvgIpc) is 2.91. The van der Waals surface area contributed by atoms with Crippen LogP contribution in [0.1, 0.15) is 66.7 Å². The van der Waals surface area contributed by atoms with E-state index in [0.717, 1.165) is 50.2 Å². The van der Waals surface area contributed by atoms with E-state index in [1.54, 1.807) is 0 Å². The lowest BCUT2D eigenvalue weighted by Crippen LogP contribution is -2.44. The van der Waals surface area contributed by atoms with Gasteiger partial charge >= 0.3 is 12.1 Å². The standard InChI is InChI=1S/C27H37F3N6O4/c1-18(2)40-15-14-36(12-4-3-7-20-9-8-19-6-5-11-31-24(19)34-20)13-10-23(26(38)39)35-25(37)21-16-32-33-17-22(21)27(28,29)30/h8-9,16-18,23H,3-7,10-15H2,1-2H3,(H,31,34)(H,35,37)(H,38,39)/t23-/m0/s1. The second-order valence-electron chi connectivity index (χ2n) is 10.0. The molecule has 3 N–H and O–H groups in total. The van der Waals surface area contributed by atoms with Crippen LogP contribution in [-0.2, 0) is 28.5 Å². The Balaban J connectivity index is 1.56. The number of aliphatic carboxylic acids is 1. The molecule has 220 valence electrons. The number of carboxylic acid groups (broad SMARTS) is 1. The number of amides is 1. The first-order chi connectivity index (χ1) is 19.0. The number of anilines is 1. The molecule has 2 aromatic rings. The summed E-state index contributed by atoms with van der Waals surface area (Å²) in [5, 5.41) is 21.8. The van der Waals surface area contributed by atoms with Crippen LogP contribution >= 0.6 is 0 Å². The van der Waals surface area contributed by atoms with Crippen LogP contribution in [0.4, 0.5) is 19.0 Å². The molecule has 1 amide bonds. The van der Waals surface area contributed by atoms with Crippen LogP contribution in [0.2, 0.25) is 0 Å². The predicted molar refractivity (Wildman–Crippen MR) is 142 cm³/mol.